The molecule has 0 fully saturated rings. The average molecular weight is 372 g/mol. The van der Waals surface area contributed by atoms with Gasteiger partial charge >= 0.3 is 0 Å². The number of anilines is 1. The van der Waals surface area contributed by atoms with E-state index in [4.69, 9.17) is 0 Å². The van der Waals surface area contributed by atoms with Crippen LogP contribution in [-0.2, 0) is 0 Å². The highest BCUT2D eigenvalue weighted by molar-refractivity contribution is 6.18. The number of fused-ring (bicyclic) bond motifs is 1. The maximum atomic E-state index is 13.4. The predicted molar refractivity (Wildman–Crippen MR) is 104 cm³/mol. The van der Waals surface area contributed by atoms with E-state index < -0.39 is 5.91 Å². The number of carbonyl (C=O) groups is 2. The summed E-state index contributed by atoms with van der Waals surface area (Å²) >= 11 is 0. The molecule has 1 heterocycles. The zero-order valence-electron chi connectivity index (χ0n) is 14.9. The minimum Gasteiger partial charge on any atom is -0.335 e. The van der Waals surface area contributed by atoms with Crippen molar-refractivity contribution in [2.45, 2.75) is 6.92 Å². The maximum absolute atomic E-state index is 13.4. The van der Waals surface area contributed by atoms with Crippen LogP contribution in [0.4, 0.5) is 10.1 Å². The number of hydrogen-bond acceptors (Lipinski definition) is 3. The molecule has 3 aromatic carbocycles. The molecule has 1 aromatic heterocycles. The van der Waals surface area contributed by atoms with E-state index >= 15 is 0 Å². The number of benzene rings is 3. The summed E-state index contributed by atoms with van der Waals surface area (Å²) in [4.78, 5) is 32.6. The van der Waals surface area contributed by atoms with Gasteiger partial charge in [-0.15, -0.1) is 0 Å². The van der Waals surface area contributed by atoms with E-state index in [1.807, 2.05) is 0 Å². The minimum atomic E-state index is -0.439. The molecule has 0 atom stereocenters. The van der Waals surface area contributed by atoms with E-state index in [9.17, 15) is 14.0 Å². The number of aryl methyl sites for hydroxylation is 1. The number of amides is 1. The molecular weight excluding hydrogens is 357 g/mol. The Kier molecular flexibility index (Phi) is 4.45. The van der Waals surface area contributed by atoms with E-state index in [2.05, 4.69) is 21.6 Å². The third kappa shape index (κ3) is 3.27. The van der Waals surface area contributed by atoms with Crippen molar-refractivity contribution in [1.82, 2.24) is 9.97 Å². The monoisotopic (exact) mass is 372 g/mol. The van der Waals surface area contributed by atoms with E-state index in [1.54, 1.807) is 55.5 Å². The molecule has 2 N–H and O–H groups in total. The molecule has 4 rings (SSSR count). The van der Waals surface area contributed by atoms with Crippen molar-refractivity contribution < 1.29 is 14.0 Å². The lowest BCUT2D eigenvalue weighted by atomic mass is 9.97. The lowest BCUT2D eigenvalue weighted by Crippen LogP contribution is -2.17. The van der Waals surface area contributed by atoms with Gasteiger partial charge in [0.15, 0.2) is 12.1 Å². The Labute approximate surface area is 160 Å². The average Bonchev–Trinajstić information content (AvgIpc) is 3.18. The molecule has 4 aromatic rings. The second kappa shape index (κ2) is 7.08. The van der Waals surface area contributed by atoms with Gasteiger partial charge in [0.05, 0.1) is 16.6 Å². The molecule has 0 unspecified atom stereocenters. The number of nitrogens with one attached hydrogen (secondary N) is 2. The molecule has 0 saturated carbocycles. The summed E-state index contributed by atoms with van der Waals surface area (Å²) in [5, 5.41) is 2.72. The maximum Gasteiger partial charge on any atom is 0.256 e. The van der Waals surface area contributed by atoms with E-state index in [1.165, 1.54) is 12.1 Å². The van der Waals surface area contributed by atoms with Crippen molar-refractivity contribution in [1.29, 1.82) is 0 Å². The molecule has 0 saturated heterocycles. The molecule has 1 amide bonds. The Bertz CT molecular complexity index is 1210. The lowest BCUT2D eigenvalue weighted by molar-refractivity contribution is 0.0996. The molecule has 5 nitrogen and oxygen atoms in total. The normalized spacial score (nSPS) is 10.8. The largest absolute Gasteiger partial charge is 0.335 e. The lowest BCUT2D eigenvalue weighted by Gasteiger charge is -2.10. The van der Waals surface area contributed by atoms with Crippen molar-refractivity contribution in [3.8, 4) is 0 Å². The van der Waals surface area contributed by atoms with Crippen molar-refractivity contribution in [2.24, 2.45) is 0 Å². The van der Waals surface area contributed by atoms with Crippen molar-refractivity contribution in [3.05, 3.63) is 95.1 Å². The zero-order chi connectivity index (χ0) is 19.7. The number of H-pyrrole nitrogens is 1. The number of aromatic nitrogens is 2. The molecule has 0 aliphatic carbocycles. The highest BCUT2D eigenvalue weighted by Gasteiger charge is 2.19. The summed E-state index contributed by atoms with van der Waals surface area (Å²) in [6, 6.07) is 16.0. The number of hydrogen-bond donors (Lipinski definition) is 2. The molecule has 137 valence electrons. The molecule has 28 heavy (non-hydrogen) atoms. The molecule has 0 spiro atoms. The SMILES string of the molecule is Cc1cc(NC(=O)c2ccccc2C(=O)c2ccc3n[c][nH]c3c2)ccc1F. The highest BCUT2D eigenvalue weighted by atomic mass is 19.1. The van der Waals surface area contributed by atoms with Gasteiger partial charge in [0.2, 0.25) is 0 Å². The van der Waals surface area contributed by atoms with E-state index in [0.717, 1.165) is 0 Å². The Morgan fingerprint density at radius 1 is 1.04 bits per heavy atom. The third-order valence-corrected chi connectivity index (χ3v) is 4.46. The van der Waals surface area contributed by atoms with Crippen molar-refractivity contribution in [2.75, 3.05) is 5.32 Å². The van der Waals surface area contributed by atoms with Crippen LogP contribution in [0.15, 0.2) is 60.7 Å². The molecule has 0 aliphatic rings. The topological polar surface area (TPSA) is 74.8 Å². The van der Waals surface area contributed by atoms with Gasteiger partial charge in [-0.3, -0.25) is 9.59 Å². The van der Waals surface area contributed by atoms with Crippen molar-refractivity contribution in [3.63, 3.8) is 0 Å². The van der Waals surface area contributed by atoms with E-state index in [0.29, 0.717) is 27.8 Å². The van der Waals surface area contributed by atoms with Gasteiger partial charge in [-0.05, 0) is 55.0 Å². The number of halogens is 1. The summed E-state index contributed by atoms with van der Waals surface area (Å²) in [6.45, 7) is 1.62. The van der Waals surface area contributed by atoms with E-state index in [-0.39, 0.29) is 22.7 Å². The smallest absolute Gasteiger partial charge is 0.256 e. The fraction of sp³-hybridized carbons (Fsp3) is 0.0455. The zero-order valence-corrected chi connectivity index (χ0v) is 14.9. The van der Waals surface area contributed by atoms with Gasteiger partial charge in [-0.1, -0.05) is 18.2 Å². The van der Waals surface area contributed by atoms with Crippen LogP contribution in [0.3, 0.4) is 0 Å². The first-order chi connectivity index (χ1) is 13.5. The van der Waals surface area contributed by atoms with Gasteiger partial charge in [-0.2, -0.15) is 0 Å². The number of carbonyl (C=O) groups excluding carboxylic acids is 2. The van der Waals surface area contributed by atoms with Gasteiger partial charge < -0.3 is 10.3 Å². The van der Waals surface area contributed by atoms with Crippen LogP contribution in [-0.4, -0.2) is 21.7 Å². The van der Waals surface area contributed by atoms with Gasteiger partial charge in [-0.25, -0.2) is 9.37 Å². The predicted octanol–water partition coefficient (Wildman–Crippen LogP) is 4.29. The van der Waals surface area contributed by atoms with Crippen LogP contribution in [0.25, 0.3) is 11.0 Å². The van der Waals surface area contributed by atoms with Gasteiger partial charge in [0.1, 0.15) is 5.82 Å². The quantitative estimate of drug-likeness (QED) is 0.525. The Balaban J connectivity index is 1.66. The first kappa shape index (κ1) is 17.6. The van der Waals surface area contributed by atoms with Crippen LogP contribution in [0.5, 0.6) is 0 Å². The van der Waals surface area contributed by atoms with Crippen molar-refractivity contribution >= 4 is 28.4 Å². The Morgan fingerprint density at radius 2 is 1.82 bits per heavy atom. The van der Waals surface area contributed by atoms with Crippen LogP contribution >= 0.6 is 0 Å². The minimum absolute atomic E-state index is 0.241. The van der Waals surface area contributed by atoms with Gasteiger partial charge in [0, 0.05) is 16.8 Å². The number of ketones is 1. The summed E-state index contributed by atoms with van der Waals surface area (Å²) < 4.78 is 13.4. The summed E-state index contributed by atoms with van der Waals surface area (Å²) in [5.74, 6) is -1.07. The Hall–Kier alpha value is -3.80. The molecular formula is C22H15FN3O2. The number of aromatic amines is 1. The third-order valence-electron chi connectivity index (χ3n) is 4.46. The van der Waals surface area contributed by atoms with Crippen LogP contribution in [0.2, 0.25) is 0 Å². The first-order valence-electron chi connectivity index (χ1n) is 8.60. The summed E-state index contributed by atoms with van der Waals surface area (Å²) in [7, 11) is 0. The fourth-order valence-corrected chi connectivity index (χ4v) is 2.98. The number of rotatable bonds is 4. The number of imidazole rings is 1. The molecule has 0 aliphatic heterocycles. The first-order valence-corrected chi connectivity index (χ1v) is 8.60. The van der Waals surface area contributed by atoms with Crippen LogP contribution < -0.4 is 5.32 Å². The number of nitrogens with zero attached hydrogens (tertiary/aromatic N) is 1. The summed E-state index contributed by atoms with van der Waals surface area (Å²) in [5.41, 5.74) is 3.23. The van der Waals surface area contributed by atoms with Crippen LogP contribution in [0, 0.1) is 19.1 Å². The second-order valence-corrected chi connectivity index (χ2v) is 6.37. The van der Waals surface area contributed by atoms with Crippen LogP contribution in [0.1, 0.15) is 31.8 Å². The second-order valence-electron chi connectivity index (χ2n) is 6.37. The molecule has 1 radical (unpaired) electrons. The highest BCUT2D eigenvalue weighted by Crippen LogP contribution is 2.20. The van der Waals surface area contributed by atoms with Gasteiger partial charge in [0.25, 0.3) is 5.91 Å². The Morgan fingerprint density at radius 3 is 2.61 bits per heavy atom. The standard InChI is InChI=1S/C22H15FN3O2/c1-13-10-15(7-8-18(13)23)26-22(28)17-5-3-2-4-16(17)21(27)14-6-9-19-20(11-14)25-12-24-19/h2-11H,1H3,(H,24,25)(H,26,28). The fourth-order valence-electron chi connectivity index (χ4n) is 2.98. The molecule has 0 bridgehead atoms. The molecule has 6 heteroatoms. The summed E-state index contributed by atoms with van der Waals surface area (Å²) in [6.07, 6.45) is 2.63.